The van der Waals surface area contributed by atoms with E-state index >= 15 is 0 Å². The van der Waals surface area contributed by atoms with E-state index in [9.17, 15) is 0 Å². The van der Waals surface area contributed by atoms with Crippen molar-refractivity contribution in [2.75, 3.05) is 0 Å². The third-order valence-corrected chi connectivity index (χ3v) is 0.664. The fourth-order valence-corrected chi connectivity index (χ4v) is 0.236. The van der Waals surface area contributed by atoms with E-state index in [0.29, 0.717) is 0 Å². The minimum Gasteiger partial charge on any atom is -0.405 e. The average molecular weight is 175 g/mol. The molecule has 0 atom stereocenters. The summed E-state index contributed by atoms with van der Waals surface area (Å²) in [6.45, 7) is 6.03. The van der Waals surface area contributed by atoms with Gasteiger partial charge >= 0.3 is 0 Å². The van der Waals surface area contributed by atoms with E-state index in [1.54, 1.807) is 6.08 Å². The Balaban J connectivity index is -0.0000000221. The van der Waals surface area contributed by atoms with Gasteiger partial charge in [-0.05, 0) is 26.5 Å². The highest BCUT2D eigenvalue weighted by molar-refractivity contribution is 4.73. The first kappa shape index (κ1) is 30.2. The van der Waals surface area contributed by atoms with Crippen LogP contribution in [-0.2, 0) is 0 Å². The Kier molecular flexibility index (Phi) is 122. The number of hydrogen-bond acceptors (Lipinski definition) is 1. The van der Waals surface area contributed by atoms with E-state index in [0.717, 1.165) is 6.42 Å². The topological polar surface area (TPSA) is 26.0 Å². The zero-order valence-electron chi connectivity index (χ0n) is 6.59. The van der Waals surface area contributed by atoms with E-state index in [4.69, 9.17) is 5.73 Å². The standard InChI is InChI=1S/C5H10.C3H7N.3CH4/c1-3-5-4-2;1-2-3-4;;;/h3,5H,4H2,1-2H3;2-3H,4H2,1H3;3*1H4. The molecule has 0 unspecified atom stereocenters. The van der Waals surface area contributed by atoms with Crippen LogP contribution in [0.25, 0.3) is 0 Å². The van der Waals surface area contributed by atoms with Crippen molar-refractivity contribution in [2.24, 2.45) is 5.73 Å². The van der Waals surface area contributed by atoms with E-state index < -0.39 is 0 Å². The molecule has 0 aromatic rings. The van der Waals surface area contributed by atoms with Crippen LogP contribution >= 0.6 is 0 Å². The third-order valence-electron chi connectivity index (χ3n) is 0.664. The molecule has 0 aromatic heterocycles. The minimum atomic E-state index is 0. The van der Waals surface area contributed by atoms with Crippen LogP contribution in [0.4, 0.5) is 0 Å². The van der Waals surface area contributed by atoms with Gasteiger partial charge in [0.1, 0.15) is 0 Å². The molecule has 0 saturated heterocycles. The molecule has 0 amide bonds. The maximum atomic E-state index is 4.85. The first-order valence-electron chi connectivity index (χ1n) is 3.27. The van der Waals surface area contributed by atoms with Crippen molar-refractivity contribution in [3.63, 3.8) is 0 Å². The van der Waals surface area contributed by atoms with Crippen molar-refractivity contribution in [3.8, 4) is 0 Å². The summed E-state index contributed by atoms with van der Waals surface area (Å²) in [5, 5.41) is 0. The lowest BCUT2D eigenvalue weighted by atomic mass is 10.4. The van der Waals surface area contributed by atoms with Gasteiger partial charge in [-0.1, -0.05) is 47.4 Å². The molecule has 0 aliphatic heterocycles. The van der Waals surface area contributed by atoms with E-state index in [1.807, 2.05) is 13.8 Å². The van der Waals surface area contributed by atoms with E-state index in [2.05, 4.69) is 19.1 Å². The smallest absolute Gasteiger partial charge is 0.0106 e. The molecule has 0 fully saturated rings. The zero-order valence-corrected chi connectivity index (χ0v) is 6.59. The summed E-state index contributed by atoms with van der Waals surface area (Å²) in [6.07, 6.45) is 8.62. The van der Waals surface area contributed by atoms with Gasteiger partial charge in [-0.25, -0.2) is 0 Å². The van der Waals surface area contributed by atoms with Gasteiger partial charge < -0.3 is 5.73 Å². The molecular weight excluding hydrogens is 146 g/mol. The maximum Gasteiger partial charge on any atom is -0.0106 e. The molecule has 0 heterocycles. The van der Waals surface area contributed by atoms with Crippen molar-refractivity contribution >= 4 is 0 Å². The SMILES string of the molecule is C.C.C.CC=CCC.CC=CN. The zero-order chi connectivity index (χ0) is 7.54. The molecule has 0 aliphatic rings. The Morgan fingerprint density at radius 2 is 1.33 bits per heavy atom. The molecule has 0 saturated carbocycles. The van der Waals surface area contributed by atoms with Crippen molar-refractivity contribution in [2.45, 2.75) is 49.5 Å². The summed E-state index contributed by atoms with van der Waals surface area (Å²) in [7, 11) is 0. The normalized spacial score (nSPS) is 7.25. The Hall–Kier alpha value is -0.720. The third kappa shape index (κ3) is 122. The average Bonchev–Trinajstić information content (AvgIpc) is 1.91. The highest BCUT2D eigenvalue weighted by Crippen LogP contribution is 1.73. The largest absolute Gasteiger partial charge is 0.405 e. The summed E-state index contributed by atoms with van der Waals surface area (Å²) < 4.78 is 0. The van der Waals surface area contributed by atoms with Crippen molar-refractivity contribution in [3.05, 3.63) is 24.4 Å². The molecule has 12 heavy (non-hydrogen) atoms. The molecule has 0 rings (SSSR count). The highest BCUT2D eigenvalue weighted by atomic mass is 14.5. The fourth-order valence-electron chi connectivity index (χ4n) is 0.236. The van der Waals surface area contributed by atoms with Gasteiger partial charge in [-0.2, -0.15) is 0 Å². The summed E-state index contributed by atoms with van der Waals surface area (Å²) in [6, 6.07) is 0. The number of nitrogens with two attached hydrogens (primary N) is 1. The molecule has 78 valence electrons. The summed E-state index contributed by atoms with van der Waals surface area (Å²) in [4.78, 5) is 0. The van der Waals surface area contributed by atoms with Gasteiger partial charge in [0, 0.05) is 0 Å². The monoisotopic (exact) mass is 175 g/mol. The molecule has 0 aliphatic carbocycles. The van der Waals surface area contributed by atoms with Crippen LogP contribution < -0.4 is 5.73 Å². The first-order chi connectivity index (χ1) is 4.33. The second-order valence-corrected chi connectivity index (χ2v) is 1.50. The predicted octanol–water partition coefficient (Wildman–Crippen LogP) is 4.36. The van der Waals surface area contributed by atoms with Gasteiger partial charge in [0.2, 0.25) is 0 Å². The van der Waals surface area contributed by atoms with Gasteiger partial charge in [0.15, 0.2) is 0 Å². The quantitative estimate of drug-likeness (QED) is 0.589. The molecular formula is C11H29N. The van der Waals surface area contributed by atoms with Crippen LogP contribution in [0.3, 0.4) is 0 Å². The van der Waals surface area contributed by atoms with Crippen LogP contribution in [0.2, 0.25) is 0 Å². The van der Waals surface area contributed by atoms with Crippen LogP contribution in [0.5, 0.6) is 0 Å². The molecule has 0 aromatic carbocycles. The summed E-state index contributed by atoms with van der Waals surface area (Å²) in [5.41, 5.74) is 4.85. The molecule has 0 bridgehead atoms. The minimum absolute atomic E-state index is 0. The van der Waals surface area contributed by atoms with Crippen LogP contribution in [-0.4, -0.2) is 0 Å². The molecule has 1 nitrogen and oxygen atoms in total. The highest BCUT2D eigenvalue weighted by Gasteiger charge is 1.52. The molecule has 0 radical (unpaired) electrons. The second kappa shape index (κ2) is 48.3. The van der Waals surface area contributed by atoms with Crippen LogP contribution in [0.15, 0.2) is 24.4 Å². The molecule has 0 spiro atoms. The van der Waals surface area contributed by atoms with Gasteiger partial charge in [-0.15, -0.1) is 0 Å². The van der Waals surface area contributed by atoms with Crippen molar-refractivity contribution < 1.29 is 0 Å². The lowest BCUT2D eigenvalue weighted by Gasteiger charge is -1.65. The molecule has 2 N–H and O–H groups in total. The van der Waals surface area contributed by atoms with E-state index in [1.165, 1.54) is 6.20 Å². The predicted molar refractivity (Wildman–Crippen MR) is 64.3 cm³/mol. The second-order valence-electron chi connectivity index (χ2n) is 1.50. The van der Waals surface area contributed by atoms with Crippen molar-refractivity contribution in [1.29, 1.82) is 0 Å². The summed E-state index contributed by atoms with van der Waals surface area (Å²) >= 11 is 0. The fraction of sp³-hybridized carbons (Fsp3) is 0.636. The van der Waals surface area contributed by atoms with Gasteiger partial charge in [0.25, 0.3) is 0 Å². The van der Waals surface area contributed by atoms with E-state index in [-0.39, 0.29) is 22.3 Å². The Morgan fingerprint density at radius 3 is 1.33 bits per heavy atom. The Morgan fingerprint density at radius 1 is 1.00 bits per heavy atom. The number of rotatable bonds is 1. The Bertz CT molecular complexity index is 69.1. The number of hydrogen-bond donors (Lipinski definition) is 1. The molecule has 1 heteroatoms. The Labute approximate surface area is 80.4 Å². The van der Waals surface area contributed by atoms with Crippen LogP contribution in [0, 0.1) is 0 Å². The van der Waals surface area contributed by atoms with Crippen LogP contribution in [0.1, 0.15) is 49.5 Å². The maximum absolute atomic E-state index is 4.85. The first-order valence-corrected chi connectivity index (χ1v) is 3.27. The van der Waals surface area contributed by atoms with Gasteiger partial charge in [0.05, 0.1) is 0 Å². The van der Waals surface area contributed by atoms with Crippen molar-refractivity contribution in [1.82, 2.24) is 0 Å². The van der Waals surface area contributed by atoms with Gasteiger partial charge in [-0.3, -0.25) is 0 Å². The lowest BCUT2D eigenvalue weighted by Crippen LogP contribution is -1.70. The lowest BCUT2D eigenvalue weighted by molar-refractivity contribution is 1.22. The summed E-state index contributed by atoms with van der Waals surface area (Å²) in [5.74, 6) is 0. The number of allylic oxidation sites excluding steroid dienone is 3.